The van der Waals surface area contributed by atoms with Crippen molar-refractivity contribution in [1.29, 1.82) is 0 Å². The lowest BCUT2D eigenvalue weighted by Gasteiger charge is -2.05. The number of benzene rings is 1. The molecule has 8 heteroatoms. The smallest absolute Gasteiger partial charge is 0.416 e. The Kier molecular flexibility index (Phi) is 3.28. The third kappa shape index (κ3) is 2.76. The summed E-state index contributed by atoms with van der Waals surface area (Å²) in [5, 5.41) is 14.7. The molecule has 0 radical (unpaired) electrons. The molecule has 2 heterocycles. The molecular weight excluding hydrogens is 299 g/mol. The van der Waals surface area contributed by atoms with Crippen molar-refractivity contribution in [2.45, 2.75) is 6.18 Å². The second-order valence-electron chi connectivity index (χ2n) is 4.44. The summed E-state index contributed by atoms with van der Waals surface area (Å²) >= 11 is 0. The predicted octanol–water partition coefficient (Wildman–Crippen LogP) is 3.06. The summed E-state index contributed by atoms with van der Waals surface area (Å²) in [4.78, 5) is 4.10. The van der Waals surface area contributed by atoms with Gasteiger partial charge in [-0.05, 0) is 12.1 Å². The Bertz CT molecular complexity index is 780. The highest BCUT2D eigenvalue weighted by atomic mass is 19.4. The number of alkyl halides is 3. The van der Waals surface area contributed by atoms with Crippen molar-refractivity contribution in [2.75, 3.05) is 0 Å². The first-order chi connectivity index (χ1) is 10.4. The van der Waals surface area contributed by atoms with Gasteiger partial charge in [0.1, 0.15) is 0 Å². The van der Waals surface area contributed by atoms with E-state index in [1.54, 1.807) is 0 Å². The lowest BCUT2D eigenvalue weighted by Crippen LogP contribution is -2.23. The van der Waals surface area contributed by atoms with Crippen molar-refractivity contribution in [3.05, 3.63) is 59.6 Å². The van der Waals surface area contributed by atoms with Gasteiger partial charge in [0.25, 0.3) is 5.89 Å². The highest BCUT2D eigenvalue weighted by Gasteiger charge is 2.30. The number of halogens is 3. The molecule has 0 spiro atoms. The first kappa shape index (κ1) is 14.1. The maximum atomic E-state index is 12.5. The number of aromatic nitrogens is 3. The van der Waals surface area contributed by atoms with Crippen LogP contribution in [-0.4, -0.2) is 10.1 Å². The summed E-state index contributed by atoms with van der Waals surface area (Å²) in [6.45, 7) is 0. The normalized spacial score (nSPS) is 11.6. The van der Waals surface area contributed by atoms with Gasteiger partial charge in [-0.15, -0.1) is 0 Å². The van der Waals surface area contributed by atoms with Gasteiger partial charge < -0.3 is 9.73 Å². The SMILES string of the molecule is [O-][n+]1ccc(-c2nc(-c3ccc(C(F)(F)F)cc3)no2)cc1. The van der Waals surface area contributed by atoms with Crippen molar-refractivity contribution in [3.63, 3.8) is 0 Å². The van der Waals surface area contributed by atoms with E-state index in [1.807, 2.05) is 0 Å². The van der Waals surface area contributed by atoms with Gasteiger partial charge in [-0.2, -0.15) is 22.9 Å². The second-order valence-corrected chi connectivity index (χ2v) is 4.44. The average Bonchev–Trinajstić information content (AvgIpc) is 2.97. The summed E-state index contributed by atoms with van der Waals surface area (Å²) in [5.74, 6) is 0.345. The molecule has 0 bridgehead atoms. The van der Waals surface area contributed by atoms with E-state index >= 15 is 0 Å². The van der Waals surface area contributed by atoms with Crippen molar-refractivity contribution in [1.82, 2.24) is 10.1 Å². The number of rotatable bonds is 2. The standard InChI is InChI=1S/C14H8F3N3O2/c15-14(16,17)11-3-1-9(2-4-11)12-18-13(22-19-12)10-5-7-20(21)8-6-10/h1-8H. The summed E-state index contributed by atoms with van der Waals surface area (Å²) in [7, 11) is 0. The summed E-state index contributed by atoms with van der Waals surface area (Å²) < 4.78 is 43.2. The van der Waals surface area contributed by atoms with Gasteiger partial charge in [0.15, 0.2) is 12.4 Å². The van der Waals surface area contributed by atoms with Crippen LogP contribution in [0.3, 0.4) is 0 Å². The fourth-order valence-electron chi connectivity index (χ4n) is 1.82. The molecule has 0 saturated heterocycles. The van der Waals surface area contributed by atoms with Crippen LogP contribution in [0.5, 0.6) is 0 Å². The van der Waals surface area contributed by atoms with E-state index in [9.17, 15) is 18.4 Å². The Morgan fingerprint density at radius 2 is 1.59 bits per heavy atom. The predicted molar refractivity (Wildman–Crippen MR) is 69.1 cm³/mol. The maximum absolute atomic E-state index is 12.5. The first-order valence-corrected chi connectivity index (χ1v) is 6.14. The van der Waals surface area contributed by atoms with Crippen LogP contribution in [0.4, 0.5) is 13.2 Å². The minimum atomic E-state index is -4.39. The Morgan fingerprint density at radius 1 is 0.955 bits per heavy atom. The van der Waals surface area contributed by atoms with Gasteiger partial charge in [-0.1, -0.05) is 17.3 Å². The van der Waals surface area contributed by atoms with Crippen LogP contribution in [0.25, 0.3) is 22.8 Å². The molecule has 0 unspecified atom stereocenters. The molecule has 2 aromatic heterocycles. The molecule has 1 aromatic carbocycles. The van der Waals surface area contributed by atoms with Gasteiger partial charge >= 0.3 is 6.18 Å². The first-order valence-electron chi connectivity index (χ1n) is 6.14. The van der Waals surface area contributed by atoms with Gasteiger partial charge in [-0.3, -0.25) is 0 Å². The van der Waals surface area contributed by atoms with Crippen LogP contribution in [0.15, 0.2) is 53.3 Å². The molecule has 3 rings (SSSR count). The van der Waals surface area contributed by atoms with Crippen LogP contribution in [0.2, 0.25) is 0 Å². The third-order valence-electron chi connectivity index (χ3n) is 2.95. The Morgan fingerprint density at radius 3 is 2.18 bits per heavy atom. The van der Waals surface area contributed by atoms with E-state index in [0.717, 1.165) is 12.1 Å². The molecular formula is C14H8F3N3O2. The molecule has 0 N–H and O–H groups in total. The Balaban J connectivity index is 1.89. The number of nitrogens with zero attached hydrogens (tertiary/aromatic N) is 3. The molecule has 0 atom stereocenters. The minimum absolute atomic E-state index is 0.169. The molecule has 0 aliphatic rings. The minimum Gasteiger partial charge on any atom is -0.619 e. The second kappa shape index (κ2) is 5.14. The Labute approximate surface area is 122 Å². The van der Waals surface area contributed by atoms with Gasteiger partial charge in [0, 0.05) is 17.7 Å². The van der Waals surface area contributed by atoms with Crippen LogP contribution in [0, 0.1) is 5.21 Å². The lowest BCUT2D eigenvalue weighted by atomic mass is 10.1. The molecule has 3 aromatic rings. The molecule has 5 nitrogen and oxygen atoms in total. The van der Waals surface area contributed by atoms with Crippen LogP contribution in [-0.2, 0) is 6.18 Å². The maximum Gasteiger partial charge on any atom is 0.416 e. The zero-order valence-corrected chi connectivity index (χ0v) is 10.9. The quantitative estimate of drug-likeness (QED) is 0.539. The monoisotopic (exact) mass is 307 g/mol. The third-order valence-corrected chi connectivity index (χ3v) is 2.95. The van der Waals surface area contributed by atoms with Crippen molar-refractivity contribution < 1.29 is 22.4 Å². The lowest BCUT2D eigenvalue weighted by molar-refractivity contribution is -0.605. The van der Waals surface area contributed by atoms with E-state index in [4.69, 9.17) is 4.52 Å². The van der Waals surface area contributed by atoms with E-state index in [0.29, 0.717) is 15.9 Å². The Hall–Kier alpha value is -2.90. The summed E-state index contributed by atoms with van der Waals surface area (Å²) in [6, 6.07) is 7.44. The molecule has 0 saturated carbocycles. The van der Waals surface area contributed by atoms with Crippen LogP contribution < -0.4 is 4.73 Å². The van der Waals surface area contributed by atoms with E-state index in [2.05, 4.69) is 10.1 Å². The van der Waals surface area contributed by atoms with Gasteiger partial charge in [-0.25, -0.2) is 0 Å². The molecule has 0 aliphatic heterocycles. The van der Waals surface area contributed by atoms with E-state index < -0.39 is 11.7 Å². The zero-order valence-electron chi connectivity index (χ0n) is 10.9. The van der Waals surface area contributed by atoms with Crippen molar-refractivity contribution in [3.8, 4) is 22.8 Å². The highest BCUT2D eigenvalue weighted by molar-refractivity contribution is 5.59. The largest absolute Gasteiger partial charge is 0.619 e. The van der Waals surface area contributed by atoms with E-state index in [-0.39, 0.29) is 11.7 Å². The van der Waals surface area contributed by atoms with Crippen LogP contribution >= 0.6 is 0 Å². The average molecular weight is 307 g/mol. The van der Waals surface area contributed by atoms with Crippen molar-refractivity contribution >= 4 is 0 Å². The molecule has 112 valence electrons. The summed E-state index contributed by atoms with van der Waals surface area (Å²) in [6.07, 6.45) is -1.84. The number of hydrogen-bond donors (Lipinski definition) is 0. The topological polar surface area (TPSA) is 65.9 Å². The van der Waals surface area contributed by atoms with Crippen molar-refractivity contribution in [2.24, 2.45) is 0 Å². The van der Waals surface area contributed by atoms with Gasteiger partial charge in [0.05, 0.1) is 11.1 Å². The molecule has 22 heavy (non-hydrogen) atoms. The summed E-state index contributed by atoms with van der Waals surface area (Å²) in [5.41, 5.74) is 0.193. The molecule has 0 aliphatic carbocycles. The van der Waals surface area contributed by atoms with E-state index in [1.165, 1.54) is 36.7 Å². The highest BCUT2D eigenvalue weighted by Crippen LogP contribution is 2.30. The molecule has 0 fully saturated rings. The van der Waals surface area contributed by atoms with Crippen LogP contribution in [0.1, 0.15) is 5.56 Å². The fourth-order valence-corrected chi connectivity index (χ4v) is 1.82. The molecule has 0 amide bonds. The fraction of sp³-hybridized carbons (Fsp3) is 0.0714. The van der Waals surface area contributed by atoms with Gasteiger partial charge in [0.2, 0.25) is 5.82 Å². The number of pyridine rings is 1. The zero-order chi connectivity index (χ0) is 15.7. The number of hydrogen-bond acceptors (Lipinski definition) is 4.